The number of hydrogen-bond donors (Lipinski definition) is 1. The summed E-state index contributed by atoms with van der Waals surface area (Å²) in [5, 5.41) is 13.5. The van der Waals surface area contributed by atoms with Crippen LogP contribution in [0.15, 0.2) is 30.6 Å². The van der Waals surface area contributed by atoms with Gasteiger partial charge in [-0.15, -0.1) is 5.10 Å². The molecule has 0 saturated carbocycles. The molecular formula is C12H15N5O. The molecule has 0 aliphatic heterocycles. The Morgan fingerprint density at radius 1 is 1.39 bits per heavy atom. The number of nitrogens with one attached hydrogen (secondary N) is 1. The minimum absolute atomic E-state index is 0.111. The van der Waals surface area contributed by atoms with Crippen molar-refractivity contribution < 1.29 is 4.79 Å². The molecule has 0 saturated heterocycles. The van der Waals surface area contributed by atoms with Gasteiger partial charge in [-0.3, -0.25) is 4.79 Å². The first-order chi connectivity index (χ1) is 8.66. The summed E-state index contributed by atoms with van der Waals surface area (Å²) in [5.74, 6) is 0.213. The van der Waals surface area contributed by atoms with Crippen LogP contribution in [0.2, 0.25) is 0 Å². The number of rotatable bonds is 4. The van der Waals surface area contributed by atoms with E-state index in [1.165, 1.54) is 11.0 Å². The normalized spacial score (nSPS) is 10.6. The van der Waals surface area contributed by atoms with Gasteiger partial charge in [-0.1, -0.05) is 32.0 Å². The van der Waals surface area contributed by atoms with Gasteiger partial charge in [0.25, 0.3) is 0 Å². The number of anilines is 1. The second-order valence-corrected chi connectivity index (χ2v) is 4.30. The van der Waals surface area contributed by atoms with E-state index in [1.54, 1.807) is 0 Å². The molecule has 0 radical (unpaired) electrons. The molecule has 0 aliphatic rings. The molecule has 0 bridgehead atoms. The maximum Gasteiger partial charge on any atom is 0.246 e. The number of tetrazole rings is 1. The van der Waals surface area contributed by atoms with E-state index in [-0.39, 0.29) is 12.5 Å². The summed E-state index contributed by atoms with van der Waals surface area (Å²) in [4.78, 5) is 11.8. The summed E-state index contributed by atoms with van der Waals surface area (Å²) in [6.07, 6.45) is 1.41. The lowest BCUT2D eigenvalue weighted by Gasteiger charge is -2.13. The smallest absolute Gasteiger partial charge is 0.246 e. The zero-order valence-corrected chi connectivity index (χ0v) is 10.4. The molecule has 0 spiro atoms. The average molecular weight is 245 g/mol. The van der Waals surface area contributed by atoms with E-state index in [4.69, 9.17) is 0 Å². The number of carbonyl (C=O) groups excluding carboxylic acids is 1. The van der Waals surface area contributed by atoms with Crippen molar-refractivity contribution in [1.82, 2.24) is 20.2 Å². The van der Waals surface area contributed by atoms with Gasteiger partial charge in [0.1, 0.15) is 12.9 Å². The second-order valence-electron chi connectivity index (χ2n) is 4.30. The monoisotopic (exact) mass is 245 g/mol. The summed E-state index contributed by atoms with van der Waals surface area (Å²) in [7, 11) is 0. The zero-order valence-electron chi connectivity index (χ0n) is 10.4. The molecule has 94 valence electrons. The zero-order chi connectivity index (χ0) is 13.0. The van der Waals surface area contributed by atoms with Crippen molar-refractivity contribution in [2.45, 2.75) is 26.3 Å². The third-order valence-electron chi connectivity index (χ3n) is 2.55. The van der Waals surface area contributed by atoms with Crippen LogP contribution in [0.4, 0.5) is 5.69 Å². The molecule has 18 heavy (non-hydrogen) atoms. The third-order valence-corrected chi connectivity index (χ3v) is 2.55. The standard InChI is InChI=1S/C12H15N5O/c1-9(2)10-5-3-4-6-11(10)14-12(18)7-17-8-13-15-16-17/h3-6,8-9H,7H2,1-2H3,(H,14,18). The van der Waals surface area contributed by atoms with Crippen LogP contribution in [0.3, 0.4) is 0 Å². The van der Waals surface area contributed by atoms with Crippen LogP contribution in [0.5, 0.6) is 0 Å². The molecule has 6 heteroatoms. The van der Waals surface area contributed by atoms with E-state index in [1.807, 2.05) is 24.3 Å². The van der Waals surface area contributed by atoms with Crippen molar-refractivity contribution in [3.63, 3.8) is 0 Å². The Labute approximate surface area is 105 Å². The topological polar surface area (TPSA) is 72.7 Å². The summed E-state index contributed by atoms with van der Waals surface area (Å²) in [5.41, 5.74) is 1.95. The summed E-state index contributed by atoms with van der Waals surface area (Å²) in [6, 6.07) is 7.77. The fourth-order valence-electron chi connectivity index (χ4n) is 1.70. The van der Waals surface area contributed by atoms with Gasteiger partial charge < -0.3 is 5.32 Å². The Morgan fingerprint density at radius 3 is 2.83 bits per heavy atom. The van der Waals surface area contributed by atoms with Gasteiger partial charge in [0.15, 0.2) is 0 Å². The van der Waals surface area contributed by atoms with Gasteiger partial charge >= 0.3 is 0 Å². The number of carbonyl (C=O) groups is 1. The maximum atomic E-state index is 11.8. The highest BCUT2D eigenvalue weighted by Gasteiger charge is 2.09. The quantitative estimate of drug-likeness (QED) is 0.884. The largest absolute Gasteiger partial charge is 0.324 e. The lowest BCUT2D eigenvalue weighted by Crippen LogP contribution is -2.20. The van der Waals surface area contributed by atoms with Crippen molar-refractivity contribution in [1.29, 1.82) is 0 Å². The van der Waals surface area contributed by atoms with E-state index < -0.39 is 0 Å². The summed E-state index contributed by atoms with van der Waals surface area (Å²) in [6.45, 7) is 4.29. The number of amides is 1. The molecule has 1 amide bonds. The fourth-order valence-corrected chi connectivity index (χ4v) is 1.70. The van der Waals surface area contributed by atoms with Gasteiger partial charge in [-0.25, -0.2) is 4.68 Å². The Morgan fingerprint density at radius 2 is 2.17 bits per heavy atom. The highest BCUT2D eigenvalue weighted by molar-refractivity contribution is 5.91. The van der Waals surface area contributed by atoms with Crippen LogP contribution in [0.1, 0.15) is 25.3 Å². The van der Waals surface area contributed by atoms with Crippen molar-refractivity contribution in [3.8, 4) is 0 Å². The Hall–Kier alpha value is -2.24. The van der Waals surface area contributed by atoms with Gasteiger partial charge in [0.2, 0.25) is 5.91 Å². The van der Waals surface area contributed by atoms with Crippen LogP contribution in [0.25, 0.3) is 0 Å². The molecule has 6 nitrogen and oxygen atoms in total. The molecule has 1 aromatic heterocycles. The van der Waals surface area contributed by atoms with Crippen molar-refractivity contribution in [2.24, 2.45) is 0 Å². The number of aromatic nitrogens is 4. The van der Waals surface area contributed by atoms with Crippen molar-refractivity contribution in [3.05, 3.63) is 36.2 Å². The van der Waals surface area contributed by atoms with Crippen molar-refractivity contribution >= 4 is 11.6 Å². The van der Waals surface area contributed by atoms with Crippen LogP contribution >= 0.6 is 0 Å². The fraction of sp³-hybridized carbons (Fsp3) is 0.333. The van der Waals surface area contributed by atoms with E-state index in [9.17, 15) is 4.79 Å². The number of nitrogens with zero attached hydrogens (tertiary/aromatic N) is 4. The summed E-state index contributed by atoms with van der Waals surface area (Å²) < 4.78 is 1.38. The molecule has 0 aliphatic carbocycles. The second kappa shape index (κ2) is 5.39. The molecular weight excluding hydrogens is 230 g/mol. The molecule has 0 fully saturated rings. The number of para-hydroxylation sites is 1. The van der Waals surface area contributed by atoms with E-state index in [0.29, 0.717) is 5.92 Å². The Balaban J connectivity index is 2.07. The van der Waals surface area contributed by atoms with E-state index in [0.717, 1.165) is 11.3 Å². The van der Waals surface area contributed by atoms with Gasteiger partial charge in [0, 0.05) is 5.69 Å². The minimum atomic E-state index is -0.143. The molecule has 1 N–H and O–H groups in total. The first kappa shape index (κ1) is 12.2. The summed E-state index contributed by atoms with van der Waals surface area (Å²) >= 11 is 0. The lowest BCUT2D eigenvalue weighted by molar-refractivity contribution is -0.116. The lowest BCUT2D eigenvalue weighted by atomic mass is 10.0. The predicted molar refractivity (Wildman–Crippen MR) is 67.0 cm³/mol. The van der Waals surface area contributed by atoms with Crippen LogP contribution in [-0.2, 0) is 11.3 Å². The Bertz CT molecular complexity index is 521. The molecule has 0 unspecified atom stereocenters. The van der Waals surface area contributed by atoms with Crippen LogP contribution in [-0.4, -0.2) is 26.1 Å². The van der Waals surface area contributed by atoms with Gasteiger partial charge in [-0.05, 0) is 28.0 Å². The third kappa shape index (κ3) is 2.91. The van der Waals surface area contributed by atoms with Crippen LogP contribution in [0, 0.1) is 0 Å². The first-order valence-corrected chi connectivity index (χ1v) is 5.76. The number of benzene rings is 1. The first-order valence-electron chi connectivity index (χ1n) is 5.76. The van der Waals surface area contributed by atoms with E-state index in [2.05, 4.69) is 34.7 Å². The van der Waals surface area contributed by atoms with Crippen LogP contribution < -0.4 is 5.32 Å². The van der Waals surface area contributed by atoms with Crippen molar-refractivity contribution in [2.75, 3.05) is 5.32 Å². The highest BCUT2D eigenvalue weighted by Crippen LogP contribution is 2.23. The maximum absolute atomic E-state index is 11.8. The molecule has 1 heterocycles. The average Bonchev–Trinajstić information content (AvgIpc) is 2.82. The number of hydrogen-bond acceptors (Lipinski definition) is 4. The molecule has 2 rings (SSSR count). The SMILES string of the molecule is CC(C)c1ccccc1NC(=O)Cn1cnnn1. The predicted octanol–water partition coefficient (Wildman–Crippen LogP) is 1.44. The highest BCUT2D eigenvalue weighted by atomic mass is 16.2. The van der Waals surface area contributed by atoms with E-state index >= 15 is 0 Å². The Kier molecular flexibility index (Phi) is 3.66. The minimum Gasteiger partial charge on any atom is -0.324 e. The molecule has 0 atom stereocenters. The molecule has 2 aromatic rings. The van der Waals surface area contributed by atoms with Gasteiger partial charge in [0.05, 0.1) is 0 Å². The van der Waals surface area contributed by atoms with Gasteiger partial charge in [-0.2, -0.15) is 0 Å². The molecule has 1 aromatic carbocycles.